The Bertz CT molecular complexity index is 1230. The van der Waals surface area contributed by atoms with Crippen molar-refractivity contribution in [1.29, 1.82) is 0 Å². The number of para-hydroxylation sites is 2. The van der Waals surface area contributed by atoms with Crippen LogP contribution in [0.1, 0.15) is 12.5 Å². The zero-order chi connectivity index (χ0) is 20.9. The van der Waals surface area contributed by atoms with Gasteiger partial charge in [0.25, 0.3) is 0 Å². The van der Waals surface area contributed by atoms with Gasteiger partial charge in [0.2, 0.25) is 5.91 Å². The summed E-state index contributed by atoms with van der Waals surface area (Å²) in [5.74, 6) is 0.474. The van der Waals surface area contributed by atoms with Gasteiger partial charge in [-0.3, -0.25) is 9.36 Å². The van der Waals surface area contributed by atoms with Crippen LogP contribution in [-0.4, -0.2) is 26.6 Å². The lowest BCUT2D eigenvalue weighted by Gasteiger charge is -2.11. The van der Waals surface area contributed by atoms with Crippen molar-refractivity contribution < 1.29 is 9.53 Å². The minimum Gasteiger partial charge on any atom is -0.494 e. The normalized spacial score (nSPS) is 10.8. The van der Waals surface area contributed by atoms with Crippen LogP contribution < -0.4 is 15.7 Å². The highest BCUT2D eigenvalue weighted by molar-refractivity contribution is 5.80. The minimum atomic E-state index is -0.306. The van der Waals surface area contributed by atoms with E-state index in [9.17, 15) is 9.59 Å². The van der Waals surface area contributed by atoms with Crippen LogP contribution >= 0.6 is 0 Å². The molecule has 0 aliphatic heterocycles. The number of benzene rings is 2. The molecule has 2 aromatic carbocycles. The molecule has 2 heterocycles. The summed E-state index contributed by atoms with van der Waals surface area (Å²) in [5, 5.41) is 2.88. The number of carbonyl (C=O) groups excluding carboxylic acids is 1. The smallest absolute Gasteiger partial charge is 0.335 e. The van der Waals surface area contributed by atoms with Crippen molar-refractivity contribution in [3.63, 3.8) is 0 Å². The fourth-order valence-electron chi connectivity index (χ4n) is 3.39. The van der Waals surface area contributed by atoms with Crippen LogP contribution in [0.3, 0.4) is 0 Å². The Morgan fingerprint density at radius 2 is 1.80 bits per heavy atom. The maximum absolute atomic E-state index is 13.1. The standard InChI is InChI=1S/C23H22N4O3/c1-2-30-20-13-7-6-9-17(20)15-25-21(28)16-26-19-12-8-14-24-22(19)27(23(26)29)18-10-4-3-5-11-18/h3-14H,2,15-16H2,1H3,(H,25,28). The molecule has 0 radical (unpaired) electrons. The monoisotopic (exact) mass is 402 g/mol. The van der Waals surface area contributed by atoms with Crippen molar-refractivity contribution in [3.8, 4) is 11.4 Å². The summed E-state index contributed by atoms with van der Waals surface area (Å²) >= 11 is 0. The van der Waals surface area contributed by atoms with Crippen LogP contribution in [0, 0.1) is 0 Å². The van der Waals surface area contributed by atoms with Gasteiger partial charge in [0, 0.05) is 18.3 Å². The summed E-state index contributed by atoms with van der Waals surface area (Å²) in [7, 11) is 0. The molecule has 4 rings (SSSR count). The van der Waals surface area contributed by atoms with Crippen LogP contribution in [-0.2, 0) is 17.9 Å². The maximum Gasteiger partial charge on any atom is 0.335 e. The third-order valence-corrected chi connectivity index (χ3v) is 4.76. The molecule has 0 atom stereocenters. The van der Waals surface area contributed by atoms with Crippen LogP contribution in [0.25, 0.3) is 16.9 Å². The number of imidazole rings is 1. The molecule has 4 aromatic rings. The first-order valence-corrected chi connectivity index (χ1v) is 9.78. The summed E-state index contributed by atoms with van der Waals surface area (Å²) in [6.45, 7) is 2.68. The average Bonchev–Trinajstić information content (AvgIpc) is 3.05. The first-order chi connectivity index (χ1) is 14.7. The topological polar surface area (TPSA) is 78.1 Å². The van der Waals surface area contributed by atoms with E-state index in [2.05, 4.69) is 10.3 Å². The van der Waals surface area contributed by atoms with E-state index < -0.39 is 0 Å². The van der Waals surface area contributed by atoms with Crippen LogP contribution in [0.4, 0.5) is 0 Å². The van der Waals surface area contributed by atoms with Gasteiger partial charge in [0.1, 0.15) is 12.3 Å². The van der Waals surface area contributed by atoms with Crippen molar-refractivity contribution in [1.82, 2.24) is 19.4 Å². The number of aromatic nitrogens is 3. The highest BCUT2D eigenvalue weighted by atomic mass is 16.5. The zero-order valence-electron chi connectivity index (χ0n) is 16.6. The van der Waals surface area contributed by atoms with E-state index in [-0.39, 0.29) is 18.1 Å². The van der Waals surface area contributed by atoms with E-state index in [4.69, 9.17) is 4.74 Å². The summed E-state index contributed by atoms with van der Waals surface area (Å²) in [6.07, 6.45) is 1.64. The number of carbonyl (C=O) groups is 1. The molecule has 0 saturated carbocycles. The second-order valence-corrected chi connectivity index (χ2v) is 6.70. The zero-order valence-corrected chi connectivity index (χ0v) is 16.6. The molecule has 7 heteroatoms. The minimum absolute atomic E-state index is 0.0995. The largest absolute Gasteiger partial charge is 0.494 e. The van der Waals surface area contributed by atoms with Gasteiger partial charge in [0.05, 0.1) is 17.8 Å². The fourth-order valence-corrected chi connectivity index (χ4v) is 3.39. The molecule has 152 valence electrons. The lowest BCUT2D eigenvalue weighted by molar-refractivity contribution is -0.121. The molecule has 0 bridgehead atoms. The molecule has 1 amide bonds. The number of nitrogens with zero attached hydrogens (tertiary/aromatic N) is 3. The van der Waals surface area contributed by atoms with E-state index in [0.29, 0.717) is 30.0 Å². The van der Waals surface area contributed by atoms with E-state index in [1.54, 1.807) is 18.3 Å². The lowest BCUT2D eigenvalue weighted by Crippen LogP contribution is -2.32. The van der Waals surface area contributed by atoms with Gasteiger partial charge in [-0.2, -0.15) is 0 Å². The van der Waals surface area contributed by atoms with Gasteiger partial charge in [-0.25, -0.2) is 14.3 Å². The van der Waals surface area contributed by atoms with Gasteiger partial charge in [-0.05, 0) is 37.3 Å². The van der Waals surface area contributed by atoms with E-state index in [1.165, 1.54) is 9.13 Å². The molecule has 2 aromatic heterocycles. The Labute approximate surface area is 173 Å². The Hall–Kier alpha value is -3.87. The quantitative estimate of drug-likeness (QED) is 0.516. The summed E-state index contributed by atoms with van der Waals surface area (Å²) in [4.78, 5) is 30.1. The third kappa shape index (κ3) is 3.82. The maximum atomic E-state index is 13.1. The van der Waals surface area contributed by atoms with Crippen molar-refractivity contribution in [3.05, 3.63) is 89.0 Å². The fraction of sp³-hybridized carbons (Fsp3) is 0.174. The molecule has 0 unspecified atom stereocenters. The number of hydrogen-bond acceptors (Lipinski definition) is 4. The molecule has 30 heavy (non-hydrogen) atoms. The predicted octanol–water partition coefficient (Wildman–Crippen LogP) is 2.90. The highest BCUT2D eigenvalue weighted by Gasteiger charge is 2.17. The molecule has 0 saturated heterocycles. The number of amides is 1. The summed E-state index contributed by atoms with van der Waals surface area (Å²) < 4.78 is 8.56. The average molecular weight is 402 g/mol. The number of pyridine rings is 1. The molecular formula is C23H22N4O3. The van der Waals surface area contributed by atoms with E-state index in [1.807, 2.05) is 61.5 Å². The number of ether oxygens (including phenoxy) is 1. The van der Waals surface area contributed by atoms with Crippen molar-refractivity contribution in [2.24, 2.45) is 0 Å². The molecule has 7 nitrogen and oxygen atoms in total. The Morgan fingerprint density at radius 3 is 2.60 bits per heavy atom. The van der Waals surface area contributed by atoms with Gasteiger partial charge in [-0.1, -0.05) is 36.4 Å². The first kappa shape index (κ1) is 19.4. The molecule has 0 fully saturated rings. The van der Waals surface area contributed by atoms with E-state index in [0.717, 1.165) is 11.3 Å². The Morgan fingerprint density at radius 1 is 1.03 bits per heavy atom. The Kier molecular flexibility index (Phi) is 5.61. The number of hydrogen-bond donors (Lipinski definition) is 1. The van der Waals surface area contributed by atoms with Gasteiger partial charge >= 0.3 is 5.69 Å². The number of rotatable bonds is 7. The molecule has 0 aliphatic rings. The molecule has 0 aliphatic carbocycles. The second kappa shape index (κ2) is 8.65. The van der Waals surface area contributed by atoms with Gasteiger partial charge in [0.15, 0.2) is 5.65 Å². The number of nitrogens with one attached hydrogen (secondary N) is 1. The van der Waals surface area contributed by atoms with Crippen molar-refractivity contribution >= 4 is 17.1 Å². The SMILES string of the molecule is CCOc1ccccc1CNC(=O)Cn1c(=O)n(-c2ccccc2)c2ncccc21. The van der Waals surface area contributed by atoms with Crippen LogP contribution in [0.5, 0.6) is 5.75 Å². The summed E-state index contributed by atoms with van der Waals surface area (Å²) in [5.41, 5.74) is 2.41. The second-order valence-electron chi connectivity index (χ2n) is 6.70. The summed E-state index contributed by atoms with van der Waals surface area (Å²) in [6, 6.07) is 20.4. The first-order valence-electron chi connectivity index (χ1n) is 9.78. The van der Waals surface area contributed by atoms with Crippen LogP contribution in [0.15, 0.2) is 77.7 Å². The van der Waals surface area contributed by atoms with Crippen molar-refractivity contribution in [2.75, 3.05) is 6.61 Å². The number of fused-ring (bicyclic) bond motifs is 1. The molecule has 0 spiro atoms. The van der Waals surface area contributed by atoms with Crippen molar-refractivity contribution in [2.45, 2.75) is 20.0 Å². The van der Waals surface area contributed by atoms with E-state index >= 15 is 0 Å². The van der Waals surface area contributed by atoms with Crippen LogP contribution in [0.2, 0.25) is 0 Å². The van der Waals surface area contributed by atoms with Gasteiger partial charge < -0.3 is 10.1 Å². The predicted molar refractivity (Wildman–Crippen MR) is 115 cm³/mol. The van der Waals surface area contributed by atoms with Gasteiger partial charge in [-0.15, -0.1) is 0 Å². The Balaban J connectivity index is 1.60. The lowest BCUT2D eigenvalue weighted by atomic mass is 10.2. The highest BCUT2D eigenvalue weighted by Crippen LogP contribution is 2.18. The third-order valence-electron chi connectivity index (χ3n) is 4.76. The molecule has 1 N–H and O–H groups in total. The molecular weight excluding hydrogens is 380 g/mol.